The van der Waals surface area contributed by atoms with Gasteiger partial charge in [-0.2, -0.15) is 0 Å². The fourth-order valence-corrected chi connectivity index (χ4v) is 4.32. The Morgan fingerprint density at radius 2 is 1.93 bits per heavy atom. The quantitative estimate of drug-likeness (QED) is 0.747. The molecule has 2 aromatic rings. The molecule has 1 aromatic carbocycles. The highest BCUT2D eigenvalue weighted by molar-refractivity contribution is 5.83. The number of halogens is 2. The zero-order valence-corrected chi connectivity index (χ0v) is 17.0. The van der Waals surface area contributed by atoms with Gasteiger partial charge in [0, 0.05) is 50.4 Å². The average molecular weight is 419 g/mol. The summed E-state index contributed by atoms with van der Waals surface area (Å²) >= 11 is 0. The monoisotopic (exact) mass is 419 g/mol. The fourth-order valence-electron chi connectivity index (χ4n) is 4.32. The zero-order valence-electron chi connectivity index (χ0n) is 17.0. The van der Waals surface area contributed by atoms with Gasteiger partial charge in [-0.25, -0.2) is 8.78 Å². The number of rotatable bonds is 7. The van der Waals surface area contributed by atoms with Crippen LogP contribution in [-0.4, -0.2) is 55.4 Å². The third kappa shape index (κ3) is 4.70. The first-order chi connectivity index (χ1) is 14.6. The van der Waals surface area contributed by atoms with Gasteiger partial charge in [-0.3, -0.25) is 4.79 Å². The van der Waals surface area contributed by atoms with E-state index in [1.165, 1.54) is 25.0 Å². The van der Waals surface area contributed by atoms with Crippen molar-refractivity contribution >= 4 is 5.91 Å². The van der Waals surface area contributed by atoms with Gasteiger partial charge in [0.25, 0.3) is 0 Å². The van der Waals surface area contributed by atoms with Crippen LogP contribution in [0.5, 0.6) is 0 Å². The summed E-state index contributed by atoms with van der Waals surface area (Å²) in [5, 5.41) is 7.03. The molecule has 0 bridgehead atoms. The molecule has 0 unspecified atom stereocenters. The van der Waals surface area contributed by atoms with Crippen LogP contribution < -0.4 is 5.32 Å². The highest BCUT2D eigenvalue weighted by Gasteiger charge is 2.41. The van der Waals surface area contributed by atoms with Crippen molar-refractivity contribution < 1.29 is 22.8 Å². The lowest BCUT2D eigenvalue weighted by atomic mass is 9.75. The van der Waals surface area contributed by atoms with Crippen LogP contribution in [-0.2, 0) is 16.0 Å². The lowest BCUT2D eigenvalue weighted by Gasteiger charge is -2.35. The largest absolute Gasteiger partial charge is 0.381 e. The molecule has 8 heteroatoms. The van der Waals surface area contributed by atoms with Gasteiger partial charge in [0.15, 0.2) is 0 Å². The van der Waals surface area contributed by atoms with Gasteiger partial charge in [0.2, 0.25) is 5.91 Å². The molecule has 1 aromatic heterocycles. The standard InChI is InChI=1S/C22H27F2N3O3/c23-16-3-4-18(19(24)13-16)20-14-17(30-26-20)15-22(5-11-29-12-6-22)21(28)25-7-10-27-8-1-2-9-27/h3-4,13-14H,1-2,5-12,15H2,(H,25,28). The molecule has 162 valence electrons. The first kappa shape index (κ1) is 20.9. The molecule has 2 saturated heterocycles. The van der Waals surface area contributed by atoms with Crippen LogP contribution in [0.4, 0.5) is 8.78 Å². The second-order valence-corrected chi connectivity index (χ2v) is 8.18. The summed E-state index contributed by atoms with van der Waals surface area (Å²) < 4.78 is 38.2. The summed E-state index contributed by atoms with van der Waals surface area (Å²) in [5.41, 5.74) is -0.178. The number of benzene rings is 1. The lowest BCUT2D eigenvalue weighted by molar-refractivity contribution is -0.137. The Bertz CT molecular complexity index is 874. The maximum Gasteiger partial charge on any atom is 0.226 e. The Kier molecular flexibility index (Phi) is 6.43. The number of carbonyl (C=O) groups is 1. The van der Waals surface area contributed by atoms with E-state index in [1.807, 2.05) is 0 Å². The topological polar surface area (TPSA) is 67.6 Å². The summed E-state index contributed by atoms with van der Waals surface area (Å²) in [7, 11) is 0. The Balaban J connectivity index is 1.44. The minimum atomic E-state index is -0.699. The summed E-state index contributed by atoms with van der Waals surface area (Å²) in [4.78, 5) is 15.5. The van der Waals surface area contributed by atoms with Crippen LogP contribution in [0.3, 0.4) is 0 Å². The van der Waals surface area contributed by atoms with Crippen molar-refractivity contribution in [3.05, 3.63) is 41.7 Å². The van der Waals surface area contributed by atoms with Crippen molar-refractivity contribution in [3.8, 4) is 11.3 Å². The molecule has 0 atom stereocenters. The molecule has 2 fully saturated rings. The van der Waals surface area contributed by atoms with E-state index in [1.54, 1.807) is 6.07 Å². The molecular weight excluding hydrogens is 392 g/mol. The van der Waals surface area contributed by atoms with Gasteiger partial charge < -0.3 is 19.5 Å². The van der Waals surface area contributed by atoms with Crippen molar-refractivity contribution in [1.82, 2.24) is 15.4 Å². The second kappa shape index (κ2) is 9.22. The molecule has 2 aliphatic heterocycles. The van der Waals surface area contributed by atoms with E-state index in [4.69, 9.17) is 9.26 Å². The maximum atomic E-state index is 14.1. The molecule has 0 aliphatic carbocycles. The average Bonchev–Trinajstić information content (AvgIpc) is 3.41. The predicted molar refractivity (Wildman–Crippen MR) is 107 cm³/mol. The third-order valence-electron chi connectivity index (χ3n) is 6.12. The van der Waals surface area contributed by atoms with E-state index in [0.29, 0.717) is 50.5 Å². The maximum absolute atomic E-state index is 14.1. The van der Waals surface area contributed by atoms with Crippen molar-refractivity contribution in [1.29, 1.82) is 0 Å². The van der Waals surface area contributed by atoms with E-state index in [0.717, 1.165) is 25.7 Å². The van der Waals surface area contributed by atoms with Crippen LogP contribution in [0.15, 0.2) is 28.8 Å². The summed E-state index contributed by atoms with van der Waals surface area (Å²) in [6.45, 7) is 4.67. The lowest BCUT2D eigenvalue weighted by Crippen LogP contribution is -2.47. The first-order valence-corrected chi connectivity index (χ1v) is 10.6. The number of nitrogens with zero attached hydrogens (tertiary/aromatic N) is 2. The Morgan fingerprint density at radius 1 is 1.17 bits per heavy atom. The SMILES string of the molecule is O=C(NCCN1CCCC1)C1(Cc2cc(-c3ccc(F)cc3F)no2)CCOCC1. The van der Waals surface area contributed by atoms with Gasteiger partial charge in [-0.05, 0) is 50.9 Å². The number of nitrogens with one attached hydrogen (secondary N) is 1. The van der Waals surface area contributed by atoms with Crippen molar-refractivity contribution in [2.75, 3.05) is 39.4 Å². The van der Waals surface area contributed by atoms with Crippen LogP contribution >= 0.6 is 0 Å². The second-order valence-electron chi connectivity index (χ2n) is 8.18. The van der Waals surface area contributed by atoms with E-state index >= 15 is 0 Å². The molecule has 1 amide bonds. The van der Waals surface area contributed by atoms with E-state index in [-0.39, 0.29) is 11.5 Å². The normalized spacial score (nSPS) is 19.1. The molecule has 2 aliphatic rings. The van der Waals surface area contributed by atoms with E-state index < -0.39 is 17.0 Å². The molecule has 0 radical (unpaired) electrons. The number of hydrogen-bond donors (Lipinski definition) is 1. The molecule has 1 N–H and O–H groups in total. The number of likely N-dealkylation sites (tertiary alicyclic amines) is 1. The van der Waals surface area contributed by atoms with E-state index in [2.05, 4.69) is 15.4 Å². The van der Waals surface area contributed by atoms with Gasteiger partial charge >= 0.3 is 0 Å². The first-order valence-electron chi connectivity index (χ1n) is 10.6. The summed E-state index contributed by atoms with van der Waals surface area (Å²) in [6, 6.07) is 4.96. The highest BCUT2D eigenvalue weighted by atomic mass is 19.1. The van der Waals surface area contributed by atoms with Gasteiger partial charge in [-0.15, -0.1) is 0 Å². The third-order valence-corrected chi connectivity index (χ3v) is 6.12. The van der Waals surface area contributed by atoms with Crippen molar-refractivity contribution in [2.24, 2.45) is 5.41 Å². The predicted octanol–water partition coefficient (Wildman–Crippen LogP) is 3.17. The van der Waals surface area contributed by atoms with Gasteiger partial charge in [0.05, 0.1) is 5.41 Å². The van der Waals surface area contributed by atoms with Gasteiger partial charge in [-0.1, -0.05) is 5.16 Å². The van der Waals surface area contributed by atoms with Crippen molar-refractivity contribution in [2.45, 2.75) is 32.1 Å². The number of ether oxygens (including phenoxy) is 1. The number of amides is 1. The Hall–Kier alpha value is -2.32. The number of aromatic nitrogens is 1. The molecule has 4 rings (SSSR count). The van der Waals surface area contributed by atoms with Gasteiger partial charge in [0.1, 0.15) is 23.1 Å². The van der Waals surface area contributed by atoms with Crippen LogP contribution in [0, 0.1) is 17.0 Å². The summed E-state index contributed by atoms with van der Waals surface area (Å²) in [5.74, 6) is -0.844. The van der Waals surface area contributed by atoms with Crippen LogP contribution in [0.1, 0.15) is 31.4 Å². The minimum Gasteiger partial charge on any atom is -0.381 e. The smallest absolute Gasteiger partial charge is 0.226 e. The number of carbonyl (C=O) groups excluding carboxylic acids is 1. The Labute approximate surface area is 174 Å². The molecule has 6 nitrogen and oxygen atoms in total. The van der Waals surface area contributed by atoms with Crippen LogP contribution in [0.2, 0.25) is 0 Å². The molecular formula is C22H27F2N3O3. The minimum absolute atomic E-state index is 0.00379. The number of hydrogen-bond acceptors (Lipinski definition) is 5. The molecule has 30 heavy (non-hydrogen) atoms. The molecule has 3 heterocycles. The Morgan fingerprint density at radius 3 is 2.67 bits per heavy atom. The highest BCUT2D eigenvalue weighted by Crippen LogP contribution is 2.36. The van der Waals surface area contributed by atoms with E-state index in [9.17, 15) is 13.6 Å². The van der Waals surface area contributed by atoms with Crippen molar-refractivity contribution in [3.63, 3.8) is 0 Å². The fraction of sp³-hybridized carbons (Fsp3) is 0.545. The summed E-state index contributed by atoms with van der Waals surface area (Å²) in [6.07, 6.45) is 3.98. The molecule has 0 spiro atoms. The van der Waals surface area contributed by atoms with Crippen LogP contribution in [0.25, 0.3) is 11.3 Å². The zero-order chi connectivity index (χ0) is 21.0. The molecule has 0 saturated carbocycles.